The molecule has 0 aliphatic heterocycles. The summed E-state index contributed by atoms with van der Waals surface area (Å²) in [7, 11) is 0. The number of nitrogens with two attached hydrogens (primary N) is 1. The fraction of sp³-hybridized carbons (Fsp3) is 0.250. The number of carbonyl (C=O) groups excluding carboxylic acids is 1. The number of carboxylic acid groups (broad SMARTS) is 1. The molecule has 0 heterocycles. The smallest absolute Gasteiger partial charge is 0.426 e. The summed E-state index contributed by atoms with van der Waals surface area (Å²) in [6.07, 6.45) is -3.04. The van der Waals surface area contributed by atoms with Crippen LogP contribution < -0.4 is 10.1 Å². The second kappa shape index (κ2) is 13.5. The van der Waals surface area contributed by atoms with Crippen molar-refractivity contribution in [3.05, 3.63) is 95.3 Å². The third kappa shape index (κ3) is 9.22. The van der Waals surface area contributed by atoms with Crippen molar-refractivity contribution in [1.29, 1.82) is 5.41 Å². The molecule has 0 aliphatic rings. The third-order valence-electron chi connectivity index (χ3n) is 5.85. The van der Waals surface area contributed by atoms with Crippen LogP contribution in [0, 0.1) is 11.2 Å². The monoisotopic (exact) mass is 546 g/mol. The second-order valence-electron chi connectivity index (χ2n) is 8.72. The fourth-order valence-electron chi connectivity index (χ4n) is 3.79. The minimum atomic E-state index is -4.50. The minimum Gasteiger partial charge on any atom is -0.482 e. The van der Waals surface area contributed by atoms with Crippen LogP contribution in [0.2, 0.25) is 0 Å². The number of ether oxygens (including phenoxy) is 1. The molecule has 39 heavy (non-hydrogen) atoms. The number of amides is 2. The molecular weight excluding hydrogens is 518 g/mol. The van der Waals surface area contributed by atoms with Crippen LogP contribution in [0.3, 0.4) is 0 Å². The maximum absolute atomic E-state index is 14.1. The van der Waals surface area contributed by atoms with Gasteiger partial charge in [-0.2, -0.15) is 13.2 Å². The van der Waals surface area contributed by atoms with E-state index in [1.807, 2.05) is 0 Å². The number of halogens is 4. The lowest BCUT2D eigenvalue weighted by atomic mass is 10.1. The summed E-state index contributed by atoms with van der Waals surface area (Å²) in [5.74, 6) is -1.10. The van der Waals surface area contributed by atoms with Crippen LogP contribution in [-0.2, 0) is 23.8 Å². The highest BCUT2D eigenvalue weighted by atomic mass is 19.4. The van der Waals surface area contributed by atoms with Gasteiger partial charge in [0, 0.05) is 25.1 Å². The van der Waals surface area contributed by atoms with E-state index < -0.39 is 36.2 Å². The van der Waals surface area contributed by atoms with E-state index in [4.69, 9.17) is 15.3 Å². The van der Waals surface area contributed by atoms with Gasteiger partial charge in [-0.15, -0.1) is 0 Å². The maximum atomic E-state index is 14.1. The van der Waals surface area contributed by atoms with Gasteiger partial charge >= 0.3 is 18.2 Å². The second-order valence-corrected chi connectivity index (χ2v) is 8.72. The molecule has 3 aromatic carbocycles. The molecule has 206 valence electrons. The van der Waals surface area contributed by atoms with E-state index in [1.165, 1.54) is 23.1 Å². The van der Waals surface area contributed by atoms with Crippen molar-refractivity contribution in [2.45, 2.75) is 31.9 Å². The summed E-state index contributed by atoms with van der Waals surface area (Å²) in [4.78, 5) is 24.9. The number of hydrogen-bond acceptors (Lipinski definition) is 4. The lowest BCUT2D eigenvalue weighted by Crippen LogP contribution is -2.86. The Balaban J connectivity index is 1.63. The van der Waals surface area contributed by atoms with E-state index >= 15 is 0 Å². The topological polar surface area (TPSA) is 107 Å². The maximum Gasteiger partial charge on any atom is 0.426 e. The first kappa shape index (κ1) is 29.3. The van der Waals surface area contributed by atoms with Crippen LogP contribution in [0.25, 0.3) is 0 Å². The Morgan fingerprint density at radius 2 is 1.62 bits per heavy atom. The Kier molecular flexibility index (Phi) is 10.2. The molecule has 0 fully saturated rings. The van der Waals surface area contributed by atoms with Gasteiger partial charge in [0.2, 0.25) is 0 Å². The standard InChI is InChI=1S/C28H27F4N3O4/c29-24-6-2-1-5-20(24)16-17-35(27(38)34-22-12-10-21(11-13-22)28(30,31)32)25(33)7-3-4-19-8-14-23(15-9-19)39-18-26(36)37/h1-2,5-6,8-15,33H,3-4,7,16-18H2,(H,34,38)(H,36,37)/p+1. The van der Waals surface area contributed by atoms with Crippen molar-refractivity contribution in [1.82, 2.24) is 4.90 Å². The highest BCUT2D eigenvalue weighted by molar-refractivity contribution is 5.92. The van der Waals surface area contributed by atoms with Gasteiger partial charge in [0.15, 0.2) is 6.61 Å². The molecule has 3 aromatic rings. The van der Waals surface area contributed by atoms with Gasteiger partial charge in [0.05, 0.1) is 5.56 Å². The van der Waals surface area contributed by atoms with E-state index in [-0.39, 0.29) is 30.9 Å². The first-order valence-corrected chi connectivity index (χ1v) is 12.1. The molecule has 7 nitrogen and oxygen atoms in total. The van der Waals surface area contributed by atoms with Gasteiger partial charge in [-0.25, -0.2) is 24.2 Å². The Hall–Kier alpha value is -4.25. The fourth-order valence-corrected chi connectivity index (χ4v) is 3.79. The number of nitrogens with one attached hydrogen (secondary N) is 1. The molecule has 0 spiro atoms. The zero-order chi connectivity index (χ0) is 28.4. The first-order chi connectivity index (χ1) is 18.5. The van der Waals surface area contributed by atoms with E-state index in [2.05, 4.69) is 0 Å². The summed E-state index contributed by atoms with van der Waals surface area (Å²) in [6, 6.07) is 16.5. The van der Waals surface area contributed by atoms with Crippen molar-refractivity contribution >= 4 is 23.5 Å². The zero-order valence-corrected chi connectivity index (χ0v) is 20.9. The molecule has 0 aromatic heterocycles. The minimum absolute atomic E-state index is 0.000845. The number of benzene rings is 3. The number of aliphatic carboxylic acids is 1. The van der Waals surface area contributed by atoms with E-state index in [0.29, 0.717) is 24.2 Å². The quantitative estimate of drug-likeness (QED) is 0.134. The van der Waals surface area contributed by atoms with Crippen molar-refractivity contribution in [2.24, 2.45) is 0 Å². The summed E-state index contributed by atoms with van der Waals surface area (Å²) in [5, 5.41) is 18.4. The number of amidine groups is 1. The van der Waals surface area contributed by atoms with Crippen LogP contribution >= 0.6 is 0 Å². The van der Waals surface area contributed by atoms with E-state index in [0.717, 1.165) is 23.0 Å². The van der Waals surface area contributed by atoms with Crippen molar-refractivity contribution < 1.29 is 42.3 Å². The third-order valence-corrected chi connectivity index (χ3v) is 5.85. The molecule has 0 aliphatic carbocycles. The summed E-state index contributed by atoms with van der Waals surface area (Å²) < 4.78 is 57.8. The highest BCUT2D eigenvalue weighted by Crippen LogP contribution is 2.29. The van der Waals surface area contributed by atoms with Gasteiger partial charge in [-0.3, -0.25) is 5.41 Å². The van der Waals surface area contributed by atoms with Crippen LogP contribution in [0.15, 0.2) is 72.8 Å². The van der Waals surface area contributed by atoms with E-state index in [9.17, 15) is 27.2 Å². The first-order valence-electron chi connectivity index (χ1n) is 12.1. The van der Waals surface area contributed by atoms with Gasteiger partial charge in [-0.1, -0.05) is 30.3 Å². The van der Waals surface area contributed by atoms with Crippen molar-refractivity contribution in [3.63, 3.8) is 0 Å². The largest absolute Gasteiger partial charge is 0.482 e. The lowest BCUT2D eigenvalue weighted by molar-refractivity contribution is -0.470. The summed E-state index contributed by atoms with van der Waals surface area (Å²) in [5.41, 5.74) is 0.716. The lowest BCUT2D eigenvalue weighted by Gasteiger charge is -2.21. The number of carboxylic acids is 1. The molecule has 0 saturated carbocycles. The Labute approximate surface area is 222 Å². The van der Waals surface area contributed by atoms with Gasteiger partial charge in [0.25, 0.3) is 0 Å². The molecule has 0 saturated heterocycles. The highest BCUT2D eigenvalue weighted by Gasteiger charge is 2.30. The molecule has 2 amide bonds. The number of rotatable bonds is 11. The number of quaternary nitrogens is 1. The number of urea groups is 1. The number of primary amides is 1. The number of nitrogens with zero attached hydrogens (tertiary/aromatic N) is 1. The van der Waals surface area contributed by atoms with E-state index in [1.54, 1.807) is 42.5 Å². The summed E-state index contributed by atoms with van der Waals surface area (Å²) in [6.45, 7) is -0.428. The molecule has 3 rings (SSSR count). The average Bonchev–Trinajstić information content (AvgIpc) is 2.89. The van der Waals surface area contributed by atoms with Crippen LogP contribution in [0.5, 0.6) is 5.75 Å². The summed E-state index contributed by atoms with van der Waals surface area (Å²) >= 11 is 0. The Bertz CT molecular complexity index is 1280. The van der Waals surface area contributed by atoms with Crippen LogP contribution in [0.4, 0.5) is 28.0 Å². The van der Waals surface area contributed by atoms with Crippen LogP contribution in [-0.4, -0.2) is 41.0 Å². The predicted octanol–water partition coefficient (Wildman–Crippen LogP) is 5.17. The van der Waals surface area contributed by atoms with Crippen molar-refractivity contribution in [3.8, 4) is 5.75 Å². The number of alkyl halides is 3. The number of hydrogen-bond donors (Lipinski definition) is 3. The van der Waals surface area contributed by atoms with Crippen LogP contribution in [0.1, 0.15) is 29.5 Å². The van der Waals surface area contributed by atoms with Gasteiger partial charge in [-0.05, 0) is 60.7 Å². The Morgan fingerprint density at radius 3 is 2.23 bits per heavy atom. The normalized spacial score (nSPS) is 11.2. The Morgan fingerprint density at radius 1 is 0.949 bits per heavy atom. The number of aryl methyl sites for hydroxylation is 1. The van der Waals surface area contributed by atoms with Gasteiger partial charge < -0.3 is 9.84 Å². The SMILES string of the molecule is N=C(CCCc1ccc(OCC(=O)O)cc1)N(CCc1ccccc1F)C(=O)[NH2+]c1ccc(C(F)(F)F)cc1. The average molecular weight is 547 g/mol. The molecule has 0 bridgehead atoms. The number of carbonyl (C=O) groups is 2. The van der Waals surface area contributed by atoms with Gasteiger partial charge in [0.1, 0.15) is 23.1 Å². The molecule has 0 radical (unpaired) electrons. The molecule has 0 atom stereocenters. The zero-order valence-electron chi connectivity index (χ0n) is 20.9. The molecule has 0 unspecified atom stereocenters. The molecule has 11 heteroatoms. The molecular formula is C28H28F4N3O4+. The van der Waals surface area contributed by atoms with Crippen molar-refractivity contribution in [2.75, 3.05) is 13.2 Å². The molecule has 4 N–H and O–H groups in total. The predicted molar refractivity (Wildman–Crippen MR) is 135 cm³/mol.